The second kappa shape index (κ2) is 10.7. The zero-order chi connectivity index (χ0) is 23.4. The van der Waals surface area contributed by atoms with Gasteiger partial charge in [-0.2, -0.15) is 0 Å². The van der Waals surface area contributed by atoms with E-state index in [9.17, 15) is 9.59 Å². The van der Waals surface area contributed by atoms with Crippen molar-refractivity contribution >= 4 is 39.1 Å². The second-order valence-electron chi connectivity index (χ2n) is 7.83. The highest BCUT2D eigenvalue weighted by atomic mass is 79.9. The summed E-state index contributed by atoms with van der Waals surface area (Å²) in [6.07, 6.45) is 1.87. The molecule has 32 heavy (non-hydrogen) atoms. The van der Waals surface area contributed by atoms with Gasteiger partial charge in [0.05, 0.1) is 29.8 Å². The van der Waals surface area contributed by atoms with Crippen LogP contribution in [0.4, 0.5) is 5.69 Å². The number of pyridine rings is 1. The van der Waals surface area contributed by atoms with Crippen LogP contribution in [0.1, 0.15) is 46.9 Å². The van der Waals surface area contributed by atoms with Crippen LogP contribution in [0.5, 0.6) is 5.75 Å². The number of aromatic nitrogens is 1. The molecule has 1 amide bonds. The minimum Gasteiger partial charge on any atom is -0.496 e. The van der Waals surface area contributed by atoms with Crippen molar-refractivity contribution in [2.75, 3.05) is 31.8 Å². The van der Waals surface area contributed by atoms with Gasteiger partial charge in [-0.05, 0) is 67.2 Å². The fraction of sp³-hybridized carbons (Fsp3) is 0.478. The number of carbonyl (C=O) groups is 1. The average molecular weight is 527 g/mol. The van der Waals surface area contributed by atoms with Gasteiger partial charge in [-0.15, -0.1) is 0 Å². The fourth-order valence-corrected chi connectivity index (χ4v) is 4.88. The molecule has 7 nitrogen and oxygen atoms in total. The topological polar surface area (TPSA) is 83.7 Å². The number of anilines is 1. The lowest BCUT2D eigenvalue weighted by Crippen LogP contribution is -2.40. The van der Waals surface area contributed by atoms with Crippen molar-refractivity contribution in [3.8, 4) is 5.75 Å². The Morgan fingerprint density at radius 1 is 1.34 bits per heavy atom. The van der Waals surface area contributed by atoms with Gasteiger partial charge in [-0.25, -0.2) is 0 Å². The van der Waals surface area contributed by atoms with Crippen molar-refractivity contribution in [2.45, 2.75) is 46.2 Å². The Morgan fingerprint density at radius 2 is 2.03 bits per heavy atom. The molecule has 0 spiro atoms. The Bertz CT molecular complexity index is 1050. The van der Waals surface area contributed by atoms with Crippen molar-refractivity contribution in [2.24, 2.45) is 0 Å². The van der Waals surface area contributed by atoms with Gasteiger partial charge in [0, 0.05) is 41.7 Å². The van der Waals surface area contributed by atoms with E-state index >= 15 is 0 Å². The number of hydrogen-bond donors (Lipinski definition) is 2. The highest BCUT2D eigenvalue weighted by Gasteiger charge is 2.26. The number of halogens is 2. The standard InChI is InChI=1S/C23H29BrClN3O4/c1-5-28(15-6-8-32-9-7-15)18-11-17(24)21(25)20(14(18)3)23(30)26-12-16-19(31-4)10-13(2)27-22(16)29/h10-11,15H,5-9,12H2,1-4H3,(H,26,30)(H,27,29). The van der Waals surface area contributed by atoms with E-state index in [1.807, 2.05) is 13.0 Å². The van der Waals surface area contributed by atoms with Crippen molar-refractivity contribution in [1.82, 2.24) is 10.3 Å². The van der Waals surface area contributed by atoms with Crippen LogP contribution in [-0.4, -0.2) is 43.8 Å². The van der Waals surface area contributed by atoms with Crippen molar-refractivity contribution in [3.05, 3.63) is 54.4 Å². The van der Waals surface area contributed by atoms with Crippen LogP contribution < -0.4 is 20.5 Å². The molecule has 1 aliphatic heterocycles. The maximum atomic E-state index is 13.2. The highest BCUT2D eigenvalue weighted by Crippen LogP contribution is 2.37. The molecule has 1 fully saturated rings. The Labute approximate surface area is 201 Å². The van der Waals surface area contributed by atoms with Crippen molar-refractivity contribution in [3.63, 3.8) is 0 Å². The molecular formula is C23H29BrClN3O4. The number of H-pyrrole nitrogens is 1. The van der Waals surface area contributed by atoms with Crippen LogP contribution in [0.25, 0.3) is 0 Å². The van der Waals surface area contributed by atoms with Crippen molar-refractivity contribution in [1.29, 1.82) is 0 Å². The zero-order valence-corrected chi connectivity index (χ0v) is 21.2. The summed E-state index contributed by atoms with van der Waals surface area (Å²) in [7, 11) is 1.50. The van der Waals surface area contributed by atoms with Crippen molar-refractivity contribution < 1.29 is 14.3 Å². The predicted molar refractivity (Wildman–Crippen MR) is 130 cm³/mol. The van der Waals surface area contributed by atoms with Gasteiger partial charge in [0.25, 0.3) is 11.5 Å². The maximum absolute atomic E-state index is 13.2. The highest BCUT2D eigenvalue weighted by molar-refractivity contribution is 9.10. The van der Waals surface area contributed by atoms with Gasteiger partial charge in [0.2, 0.25) is 0 Å². The third-order valence-electron chi connectivity index (χ3n) is 5.84. The first-order valence-corrected chi connectivity index (χ1v) is 11.8. The normalized spacial score (nSPS) is 14.3. The molecule has 0 aliphatic carbocycles. The summed E-state index contributed by atoms with van der Waals surface area (Å²) in [4.78, 5) is 30.6. The number of aromatic amines is 1. The Hall–Kier alpha value is -2.03. The third-order valence-corrected chi connectivity index (χ3v) is 7.08. The number of aryl methyl sites for hydroxylation is 1. The number of carbonyl (C=O) groups excluding carboxylic acids is 1. The lowest BCUT2D eigenvalue weighted by molar-refractivity contribution is 0.0845. The summed E-state index contributed by atoms with van der Waals surface area (Å²) >= 11 is 10.1. The Morgan fingerprint density at radius 3 is 2.66 bits per heavy atom. The smallest absolute Gasteiger partial charge is 0.256 e. The third kappa shape index (κ3) is 5.13. The van der Waals surface area contributed by atoms with E-state index < -0.39 is 0 Å². The summed E-state index contributed by atoms with van der Waals surface area (Å²) in [5, 5.41) is 3.18. The fourth-order valence-electron chi connectivity index (χ4n) is 4.19. The van der Waals surface area contributed by atoms with Crippen LogP contribution in [0, 0.1) is 13.8 Å². The van der Waals surface area contributed by atoms with Gasteiger partial charge in [-0.3, -0.25) is 9.59 Å². The van der Waals surface area contributed by atoms with E-state index in [0.29, 0.717) is 38.1 Å². The minimum absolute atomic E-state index is 0.0205. The first kappa shape index (κ1) is 24.6. The predicted octanol–water partition coefficient (Wildman–Crippen LogP) is 4.35. The first-order chi connectivity index (χ1) is 15.3. The summed E-state index contributed by atoms with van der Waals surface area (Å²) in [5.41, 5.74) is 2.90. The minimum atomic E-state index is -0.347. The molecule has 174 valence electrons. The molecule has 0 radical (unpaired) electrons. The van der Waals surface area contributed by atoms with E-state index in [2.05, 4.69) is 38.1 Å². The van der Waals surface area contributed by atoms with Crippen LogP contribution in [0.2, 0.25) is 5.02 Å². The average Bonchev–Trinajstić information content (AvgIpc) is 2.77. The van der Waals surface area contributed by atoms with E-state index in [-0.39, 0.29) is 18.0 Å². The number of nitrogens with zero attached hydrogens (tertiary/aromatic N) is 1. The number of amides is 1. The molecule has 0 saturated carbocycles. The van der Waals surface area contributed by atoms with E-state index in [1.54, 1.807) is 13.0 Å². The number of methoxy groups -OCH3 is 1. The number of ether oxygens (including phenoxy) is 2. The summed E-state index contributed by atoms with van der Waals surface area (Å²) in [6, 6.07) is 4.04. The summed E-state index contributed by atoms with van der Waals surface area (Å²) < 4.78 is 11.5. The molecule has 0 unspecified atom stereocenters. The molecule has 2 N–H and O–H groups in total. The zero-order valence-electron chi connectivity index (χ0n) is 18.8. The van der Waals surface area contributed by atoms with Gasteiger partial charge >= 0.3 is 0 Å². The quantitative estimate of drug-likeness (QED) is 0.560. The number of rotatable bonds is 7. The maximum Gasteiger partial charge on any atom is 0.256 e. The Balaban J connectivity index is 1.92. The van der Waals surface area contributed by atoms with Gasteiger partial charge in [-0.1, -0.05) is 11.6 Å². The summed E-state index contributed by atoms with van der Waals surface area (Å²) in [6.45, 7) is 8.07. The molecule has 0 atom stereocenters. The largest absolute Gasteiger partial charge is 0.496 e. The molecule has 1 aliphatic rings. The van der Waals surface area contributed by atoms with E-state index in [0.717, 1.165) is 43.9 Å². The second-order valence-corrected chi connectivity index (χ2v) is 9.06. The molecule has 2 heterocycles. The molecular weight excluding hydrogens is 498 g/mol. The number of nitrogens with one attached hydrogen (secondary N) is 2. The van der Waals surface area contributed by atoms with Gasteiger partial charge in [0.15, 0.2) is 0 Å². The first-order valence-electron chi connectivity index (χ1n) is 10.7. The molecule has 0 bridgehead atoms. The lowest BCUT2D eigenvalue weighted by atomic mass is 10.0. The number of benzene rings is 1. The molecule has 1 saturated heterocycles. The van der Waals surface area contributed by atoms with Crippen LogP contribution in [0.15, 0.2) is 21.4 Å². The SMILES string of the molecule is CCN(c1cc(Br)c(Cl)c(C(=O)NCc2c(OC)cc(C)[nH]c2=O)c1C)C1CCOCC1. The van der Waals surface area contributed by atoms with Crippen LogP contribution >= 0.6 is 27.5 Å². The molecule has 3 rings (SSSR count). The molecule has 2 aromatic rings. The summed E-state index contributed by atoms with van der Waals surface area (Å²) in [5.74, 6) is 0.0843. The Kier molecular flexibility index (Phi) is 8.25. The molecule has 1 aromatic heterocycles. The van der Waals surface area contributed by atoms with Crippen LogP contribution in [-0.2, 0) is 11.3 Å². The van der Waals surface area contributed by atoms with E-state index in [1.165, 1.54) is 7.11 Å². The lowest BCUT2D eigenvalue weighted by Gasteiger charge is -2.37. The number of hydrogen-bond acceptors (Lipinski definition) is 5. The van der Waals surface area contributed by atoms with E-state index in [4.69, 9.17) is 21.1 Å². The van der Waals surface area contributed by atoms with Crippen LogP contribution in [0.3, 0.4) is 0 Å². The molecule has 9 heteroatoms. The monoisotopic (exact) mass is 525 g/mol. The molecule has 1 aromatic carbocycles. The van der Waals surface area contributed by atoms with Gasteiger partial charge in [0.1, 0.15) is 5.75 Å². The van der Waals surface area contributed by atoms with Gasteiger partial charge < -0.3 is 24.7 Å².